The van der Waals surface area contributed by atoms with Gasteiger partial charge in [-0.2, -0.15) is 0 Å². The van der Waals surface area contributed by atoms with Crippen LogP contribution < -0.4 is 15.8 Å². The average Bonchev–Trinajstić information content (AvgIpc) is 2.45. The van der Waals surface area contributed by atoms with Crippen molar-refractivity contribution in [3.05, 3.63) is 23.8 Å². The standard InChI is InChI=1S/C14H21N3O3/c1-4-7-17(9-13(18)16-2)14(19)10-5-6-12(20-3)11(15)8-10/h5-6,8H,4,7,9,15H2,1-3H3,(H,16,18). The first kappa shape index (κ1) is 15.8. The monoisotopic (exact) mass is 279 g/mol. The summed E-state index contributed by atoms with van der Waals surface area (Å²) in [6.45, 7) is 2.50. The molecule has 0 fully saturated rings. The molecule has 2 amide bonds. The first-order valence-electron chi connectivity index (χ1n) is 6.46. The molecule has 1 aromatic rings. The Bertz CT molecular complexity index is 489. The fraction of sp³-hybridized carbons (Fsp3) is 0.429. The Morgan fingerprint density at radius 1 is 1.40 bits per heavy atom. The fourth-order valence-electron chi connectivity index (χ4n) is 1.82. The molecule has 0 aliphatic rings. The zero-order valence-corrected chi connectivity index (χ0v) is 12.1. The molecule has 0 radical (unpaired) electrons. The van der Waals surface area contributed by atoms with E-state index in [-0.39, 0.29) is 18.4 Å². The number of nitrogens with two attached hydrogens (primary N) is 1. The highest BCUT2D eigenvalue weighted by Crippen LogP contribution is 2.22. The molecule has 0 aliphatic carbocycles. The van der Waals surface area contributed by atoms with Crippen LogP contribution in [0.15, 0.2) is 18.2 Å². The summed E-state index contributed by atoms with van der Waals surface area (Å²) in [7, 11) is 3.06. The number of carbonyl (C=O) groups is 2. The third kappa shape index (κ3) is 3.88. The van der Waals surface area contributed by atoms with Crippen molar-refractivity contribution < 1.29 is 14.3 Å². The van der Waals surface area contributed by atoms with Crippen LogP contribution in [0.3, 0.4) is 0 Å². The third-order valence-electron chi connectivity index (χ3n) is 2.87. The maximum atomic E-state index is 12.4. The van der Waals surface area contributed by atoms with Crippen LogP contribution >= 0.6 is 0 Å². The van der Waals surface area contributed by atoms with Gasteiger partial charge >= 0.3 is 0 Å². The first-order valence-corrected chi connectivity index (χ1v) is 6.46. The number of likely N-dealkylation sites (N-methyl/N-ethyl adjacent to an activating group) is 1. The Balaban J connectivity index is 2.93. The van der Waals surface area contributed by atoms with Gasteiger partial charge in [0.1, 0.15) is 5.75 Å². The number of nitrogens with zero attached hydrogens (tertiary/aromatic N) is 1. The molecule has 0 heterocycles. The van der Waals surface area contributed by atoms with Crippen LogP contribution in [0.2, 0.25) is 0 Å². The number of carbonyl (C=O) groups excluding carboxylic acids is 2. The summed E-state index contributed by atoms with van der Waals surface area (Å²) in [5, 5.41) is 2.51. The summed E-state index contributed by atoms with van der Waals surface area (Å²) in [4.78, 5) is 25.3. The molecule has 6 nitrogen and oxygen atoms in total. The second-order valence-corrected chi connectivity index (χ2v) is 4.36. The van der Waals surface area contributed by atoms with Crippen LogP contribution in [0.25, 0.3) is 0 Å². The van der Waals surface area contributed by atoms with Crippen LogP contribution in [0.1, 0.15) is 23.7 Å². The van der Waals surface area contributed by atoms with E-state index < -0.39 is 0 Å². The van der Waals surface area contributed by atoms with Crippen LogP contribution in [0.4, 0.5) is 5.69 Å². The molecule has 3 N–H and O–H groups in total. The number of nitrogen functional groups attached to an aromatic ring is 1. The second-order valence-electron chi connectivity index (χ2n) is 4.36. The first-order chi connectivity index (χ1) is 9.53. The highest BCUT2D eigenvalue weighted by atomic mass is 16.5. The van der Waals surface area contributed by atoms with Gasteiger partial charge in [-0.1, -0.05) is 6.92 Å². The number of anilines is 1. The van der Waals surface area contributed by atoms with E-state index in [0.717, 1.165) is 6.42 Å². The van der Waals surface area contributed by atoms with Gasteiger partial charge in [0.25, 0.3) is 5.91 Å². The van der Waals surface area contributed by atoms with Crippen molar-refractivity contribution in [2.75, 3.05) is 33.0 Å². The predicted molar refractivity (Wildman–Crippen MR) is 77.7 cm³/mol. The number of amides is 2. The van der Waals surface area contributed by atoms with Gasteiger partial charge in [0.2, 0.25) is 5.91 Å². The topological polar surface area (TPSA) is 84.7 Å². The van der Waals surface area contributed by atoms with Crippen molar-refractivity contribution in [3.63, 3.8) is 0 Å². The van der Waals surface area contributed by atoms with Crippen molar-refractivity contribution in [3.8, 4) is 5.75 Å². The van der Waals surface area contributed by atoms with Gasteiger partial charge in [0.15, 0.2) is 0 Å². The van der Waals surface area contributed by atoms with Crippen molar-refractivity contribution in [1.29, 1.82) is 0 Å². The molecular formula is C14H21N3O3. The number of rotatable bonds is 6. The normalized spacial score (nSPS) is 9.95. The number of nitrogens with one attached hydrogen (secondary N) is 1. The Morgan fingerprint density at radius 3 is 2.60 bits per heavy atom. The van der Waals surface area contributed by atoms with Gasteiger partial charge in [-0.3, -0.25) is 9.59 Å². The van der Waals surface area contributed by atoms with Gasteiger partial charge in [-0.15, -0.1) is 0 Å². The summed E-state index contributed by atoms with van der Waals surface area (Å²) in [5.41, 5.74) is 6.64. The Labute approximate surface area is 118 Å². The van der Waals surface area contributed by atoms with Gasteiger partial charge in [-0.25, -0.2) is 0 Å². The van der Waals surface area contributed by atoms with E-state index in [1.807, 2.05) is 6.92 Å². The van der Waals surface area contributed by atoms with Crippen molar-refractivity contribution >= 4 is 17.5 Å². The molecular weight excluding hydrogens is 258 g/mol. The largest absolute Gasteiger partial charge is 0.495 e. The molecule has 0 saturated heterocycles. The van der Waals surface area contributed by atoms with E-state index in [4.69, 9.17) is 10.5 Å². The highest BCUT2D eigenvalue weighted by Gasteiger charge is 2.18. The lowest BCUT2D eigenvalue weighted by Crippen LogP contribution is -2.40. The number of ether oxygens (including phenoxy) is 1. The minimum atomic E-state index is -0.218. The third-order valence-corrected chi connectivity index (χ3v) is 2.87. The van der Waals surface area contributed by atoms with E-state index in [9.17, 15) is 9.59 Å². The lowest BCUT2D eigenvalue weighted by molar-refractivity contribution is -0.121. The molecule has 0 aliphatic heterocycles. The molecule has 6 heteroatoms. The molecule has 20 heavy (non-hydrogen) atoms. The Hall–Kier alpha value is -2.24. The van der Waals surface area contributed by atoms with Crippen LogP contribution in [0.5, 0.6) is 5.75 Å². The molecule has 110 valence electrons. The maximum absolute atomic E-state index is 12.4. The van der Waals surface area contributed by atoms with Crippen LogP contribution in [-0.4, -0.2) is 44.0 Å². The lowest BCUT2D eigenvalue weighted by Gasteiger charge is -2.21. The minimum Gasteiger partial charge on any atom is -0.495 e. The molecule has 0 aromatic heterocycles. The van der Waals surface area contributed by atoms with Crippen molar-refractivity contribution in [2.45, 2.75) is 13.3 Å². The van der Waals surface area contributed by atoms with E-state index in [1.165, 1.54) is 12.0 Å². The molecule has 0 atom stereocenters. The highest BCUT2D eigenvalue weighted by molar-refractivity contribution is 5.97. The van der Waals surface area contributed by atoms with E-state index in [0.29, 0.717) is 23.5 Å². The number of methoxy groups -OCH3 is 1. The van der Waals surface area contributed by atoms with Crippen molar-refractivity contribution in [1.82, 2.24) is 10.2 Å². The molecule has 0 unspecified atom stereocenters. The summed E-state index contributed by atoms with van der Waals surface area (Å²) in [6, 6.07) is 4.85. The fourth-order valence-corrected chi connectivity index (χ4v) is 1.82. The zero-order valence-electron chi connectivity index (χ0n) is 12.1. The summed E-state index contributed by atoms with van der Waals surface area (Å²) in [5.74, 6) is 0.105. The Kier molecular flexibility index (Phi) is 5.83. The summed E-state index contributed by atoms with van der Waals surface area (Å²) < 4.78 is 5.06. The summed E-state index contributed by atoms with van der Waals surface area (Å²) in [6.07, 6.45) is 0.772. The average molecular weight is 279 g/mol. The quantitative estimate of drug-likeness (QED) is 0.757. The molecule has 0 spiro atoms. The molecule has 0 saturated carbocycles. The van der Waals surface area contributed by atoms with Gasteiger partial charge in [0.05, 0.1) is 19.3 Å². The van der Waals surface area contributed by atoms with Crippen LogP contribution in [0, 0.1) is 0 Å². The minimum absolute atomic E-state index is 0.0368. The van der Waals surface area contributed by atoms with Gasteiger partial charge in [0, 0.05) is 19.2 Å². The molecule has 0 bridgehead atoms. The van der Waals surface area contributed by atoms with E-state index in [2.05, 4.69) is 5.32 Å². The summed E-state index contributed by atoms with van der Waals surface area (Å²) >= 11 is 0. The van der Waals surface area contributed by atoms with E-state index in [1.54, 1.807) is 25.2 Å². The molecule has 1 aromatic carbocycles. The van der Waals surface area contributed by atoms with Gasteiger partial charge < -0.3 is 20.7 Å². The Morgan fingerprint density at radius 2 is 2.10 bits per heavy atom. The smallest absolute Gasteiger partial charge is 0.254 e. The number of hydrogen-bond acceptors (Lipinski definition) is 4. The van der Waals surface area contributed by atoms with Crippen molar-refractivity contribution in [2.24, 2.45) is 0 Å². The SMILES string of the molecule is CCCN(CC(=O)NC)C(=O)c1ccc(OC)c(N)c1. The second kappa shape index (κ2) is 7.37. The van der Waals surface area contributed by atoms with Gasteiger partial charge in [-0.05, 0) is 24.6 Å². The molecule has 1 rings (SSSR count). The predicted octanol–water partition coefficient (Wildman–Crippen LogP) is 0.876. The lowest BCUT2D eigenvalue weighted by atomic mass is 10.1. The van der Waals surface area contributed by atoms with Crippen LogP contribution in [-0.2, 0) is 4.79 Å². The van der Waals surface area contributed by atoms with E-state index >= 15 is 0 Å². The number of benzene rings is 1. The number of hydrogen-bond donors (Lipinski definition) is 2. The maximum Gasteiger partial charge on any atom is 0.254 e. The zero-order chi connectivity index (χ0) is 15.1.